The molecule has 0 heterocycles. The van der Waals surface area contributed by atoms with Crippen molar-refractivity contribution in [3.8, 4) is 0 Å². The fraction of sp³-hybridized carbons (Fsp3) is 0.250. The van der Waals surface area contributed by atoms with Crippen LogP contribution in [-0.4, -0.2) is 27.0 Å². The topological polar surface area (TPSA) is 46.6 Å². The molecule has 0 fully saturated rings. The fourth-order valence-corrected chi connectivity index (χ4v) is 2.09. The fourth-order valence-electron chi connectivity index (χ4n) is 0.853. The number of halogens is 1. The standard InChI is InChI=1S/C8H10BrNO3S/c1-10(13-2)14(11,12)8-5-3-7(9)4-6-8/h3-6H,1-2H3. The monoisotopic (exact) mass is 279 g/mol. The van der Waals surface area contributed by atoms with Crippen molar-refractivity contribution in [2.24, 2.45) is 0 Å². The lowest BCUT2D eigenvalue weighted by atomic mass is 10.4. The Balaban J connectivity index is 3.11. The Morgan fingerprint density at radius 1 is 1.29 bits per heavy atom. The molecule has 6 heteroatoms. The molecule has 0 aromatic heterocycles. The highest BCUT2D eigenvalue weighted by atomic mass is 79.9. The van der Waals surface area contributed by atoms with E-state index in [-0.39, 0.29) is 4.90 Å². The zero-order valence-electron chi connectivity index (χ0n) is 7.77. The molecule has 0 N–H and O–H groups in total. The molecule has 0 aliphatic carbocycles. The number of rotatable bonds is 3. The van der Waals surface area contributed by atoms with Crippen LogP contribution >= 0.6 is 15.9 Å². The van der Waals surface area contributed by atoms with Crippen LogP contribution in [0.15, 0.2) is 33.6 Å². The largest absolute Gasteiger partial charge is 0.288 e. The minimum Gasteiger partial charge on any atom is -0.288 e. The first kappa shape index (κ1) is 11.6. The maximum absolute atomic E-state index is 11.7. The molecule has 1 aromatic rings. The van der Waals surface area contributed by atoms with Crippen LogP contribution in [0.4, 0.5) is 0 Å². The number of benzene rings is 1. The third kappa shape index (κ3) is 2.33. The summed E-state index contributed by atoms with van der Waals surface area (Å²) in [4.78, 5) is 4.83. The Hall–Kier alpha value is -0.430. The quantitative estimate of drug-likeness (QED) is 0.791. The second-order valence-corrected chi connectivity index (χ2v) is 5.40. The van der Waals surface area contributed by atoms with Gasteiger partial charge in [-0.1, -0.05) is 20.4 Å². The predicted molar refractivity (Wildman–Crippen MR) is 56.1 cm³/mol. The maximum Gasteiger partial charge on any atom is 0.264 e. The van der Waals surface area contributed by atoms with Crippen molar-refractivity contribution in [1.82, 2.24) is 4.47 Å². The van der Waals surface area contributed by atoms with Gasteiger partial charge in [0.1, 0.15) is 0 Å². The second kappa shape index (κ2) is 4.39. The minimum absolute atomic E-state index is 0.199. The lowest BCUT2D eigenvalue weighted by Gasteiger charge is -2.13. The third-order valence-electron chi connectivity index (χ3n) is 1.71. The summed E-state index contributed by atoms with van der Waals surface area (Å²) in [5.74, 6) is 0. The molecule has 0 aliphatic rings. The van der Waals surface area contributed by atoms with Crippen molar-refractivity contribution in [3.63, 3.8) is 0 Å². The summed E-state index contributed by atoms with van der Waals surface area (Å²) in [7, 11) is -0.869. The zero-order valence-corrected chi connectivity index (χ0v) is 10.2. The van der Waals surface area contributed by atoms with Crippen LogP contribution in [0, 0.1) is 0 Å². The highest BCUT2D eigenvalue weighted by molar-refractivity contribution is 9.10. The van der Waals surface area contributed by atoms with Crippen molar-refractivity contribution in [1.29, 1.82) is 0 Å². The smallest absolute Gasteiger partial charge is 0.264 e. The van der Waals surface area contributed by atoms with Crippen molar-refractivity contribution in [2.45, 2.75) is 4.90 Å². The first-order valence-electron chi connectivity index (χ1n) is 3.77. The molecule has 0 radical (unpaired) electrons. The summed E-state index contributed by atoms with van der Waals surface area (Å²) in [5.41, 5.74) is 0. The number of hydrogen-bond acceptors (Lipinski definition) is 3. The molecule has 0 unspecified atom stereocenters. The highest BCUT2D eigenvalue weighted by Crippen LogP contribution is 2.17. The van der Waals surface area contributed by atoms with Crippen LogP contribution in [0.5, 0.6) is 0 Å². The first-order chi connectivity index (χ1) is 6.48. The van der Waals surface area contributed by atoms with Gasteiger partial charge in [-0.15, -0.1) is 0 Å². The van der Waals surface area contributed by atoms with Gasteiger partial charge in [0.2, 0.25) is 0 Å². The van der Waals surface area contributed by atoms with E-state index in [0.717, 1.165) is 8.94 Å². The second-order valence-electron chi connectivity index (χ2n) is 2.55. The summed E-state index contributed by atoms with van der Waals surface area (Å²) in [5, 5.41) is 0. The van der Waals surface area contributed by atoms with Crippen molar-refractivity contribution < 1.29 is 13.3 Å². The van der Waals surface area contributed by atoms with Crippen molar-refractivity contribution >= 4 is 26.0 Å². The van der Waals surface area contributed by atoms with Crippen molar-refractivity contribution in [3.05, 3.63) is 28.7 Å². The molecule has 0 bridgehead atoms. The van der Waals surface area contributed by atoms with E-state index in [1.807, 2.05) is 0 Å². The Morgan fingerprint density at radius 3 is 2.21 bits per heavy atom. The zero-order chi connectivity index (χ0) is 10.8. The molecule has 0 saturated carbocycles. The van der Waals surface area contributed by atoms with Gasteiger partial charge in [-0.25, -0.2) is 8.42 Å². The van der Waals surface area contributed by atoms with Crippen LogP contribution in [0.3, 0.4) is 0 Å². The van der Waals surface area contributed by atoms with Gasteiger partial charge in [-0.3, -0.25) is 4.84 Å². The van der Waals surface area contributed by atoms with E-state index in [0.29, 0.717) is 0 Å². The number of hydroxylamine groups is 1. The lowest BCUT2D eigenvalue weighted by Crippen LogP contribution is -2.25. The van der Waals surface area contributed by atoms with Gasteiger partial charge in [-0.2, -0.15) is 0 Å². The molecule has 0 spiro atoms. The van der Waals surface area contributed by atoms with Crippen LogP contribution in [0.1, 0.15) is 0 Å². The average Bonchev–Trinajstić information content (AvgIpc) is 2.17. The number of sulfonamides is 1. The first-order valence-corrected chi connectivity index (χ1v) is 6.00. The van der Waals surface area contributed by atoms with Gasteiger partial charge < -0.3 is 0 Å². The van der Waals surface area contributed by atoms with E-state index >= 15 is 0 Å². The third-order valence-corrected chi connectivity index (χ3v) is 3.93. The van der Waals surface area contributed by atoms with Crippen molar-refractivity contribution in [2.75, 3.05) is 14.2 Å². The maximum atomic E-state index is 11.7. The van der Waals surface area contributed by atoms with E-state index in [4.69, 9.17) is 0 Å². The SMILES string of the molecule is CON(C)S(=O)(=O)c1ccc(Br)cc1. The van der Waals surface area contributed by atoms with Crippen LogP contribution < -0.4 is 0 Å². The predicted octanol–water partition coefficient (Wildman–Crippen LogP) is 1.63. The summed E-state index contributed by atoms with van der Waals surface area (Å²) in [6.07, 6.45) is 0. The number of hydrogen-bond donors (Lipinski definition) is 0. The van der Waals surface area contributed by atoms with Gasteiger partial charge in [0, 0.05) is 11.5 Å². The molecule has 4 nitrogen and oxygen atoms in total. The van der Waals surface area contributed by atoms with Crippen LogP contribution in [0.2, 0.25) is 0 Å². The van der Waals surface area contributed by atoms with E-state index < -0.39 is 10.0 Å². The minimum atomic E-state index is -3.52. The Kier molecular flexibility index (Phi) is 3.65. The summed E-state index contributed by atoms with van der Waals surface area (Å²) >= 11 is 3.23. The van der Waals surface area contributed by atoms with Crippen LogP contribution in [-0.2, 0) is 14.9 Å². The molecule has 0 amide bonds. The molecule has 1 rings (SSSR count). The molecular formula is C8H10BrNO3S. The van der Waals surface area contributed by atoms with Gasteiger partial charge in [0.15, 0.2) is 0 Å². The molecule has 0 saturated heterocycles. The van der Waals surface area contributed by atoms with E-state index in [9.17, 15) is 8.42 Å². The molecule has 0 aliphatic heterocycles. The Bertz CT molecular complexity index is 401. The summed E-state index contributed by atoms with van der Waals surface area (Å²) in [6, 6.07) is 6.34. The Morgan fingerprint density at radius 2 is 1.79 bits per heavy atom. The molecule has 14 heavy (non-hydrogen) atoms. The summed E-state index contributed by atoms with van der Waals surface area (Å²) < 4.78 is 25.0. The van der Waals surface area contributed by atoms with E-state index in [1.165, 1.54) is 26.3 Å². The normalized spacial score (nSPS) is 12.0. The van der Waals surface area contributed by atoms with Gasteiger partial charge in [0.25, 0.3) is 10.0 Å². The van der Waals surface area contributed by atoms with E-state index in [2.05, 4.69) is 20.8 Å². The molecule has 1 aromatic carbocycles. The molecule has 78 valence electrons. The lowest BCUT2D eigenvalue weighted by molar-refractivity contribution is -0.0258. The average molecular weight is 280 g/mol. The molecular weight excluding hydrogens is 270 g/mol. The van der Waals surface area contributed by atoms with Gasteiger partial charge in [-0.05, 0) is 24.3 Å². The van der Waals surface area contributed by atoms with Gasteiger partial charge in [0.05, 0.1) is 12.0 Å². The van der Waals surface area contributed by atoms with Crippen LogP contribution in [0.25, 0.3) is 0 Å². The summed E-state index contributed by atoms with van der Waals surface area (Å²) in [6.45, 7) is 0. The molecule has 0 atom stereocenters. The van der Waals surface area contributed by atoms with E-state index in [1.54, 1.807) is 12.1 Å². The number of nitrogens with zero attached hydrogens (tertiary/aromatic N) is 1. The Labute approximate surface area is 91.6 Å². The van der Waals surface area contributed by atoms with Gasteiger partial charge >= 0.3 is 0 Å². The highest BCUT2D eigenvalue weighted by Gasteiger charge is 2.19.